The second kappa shape index (κ2) is 6.49. The number of halogens is 2. The van der Waals surface area contributed by atoms with Crippen molar-refractivity contribution in [1.29, 1.82) is 0 Å². The molecule has 0 aromatic heterocycles. The highest BCUT2D eigenvalue weighted by Gasteiger charge is 2.30. The Labute approximate surface area is 122 Å². The molecule has 2 N–H and O–H groups in total. The second-order valence-corrected chi connectivity index (χ2v) is 5.62. The van der Waals surface area contributed by atoms with Crippen LogP contribution in [0.4, 0.5) is 14.5 Å². The van der Waals surface area contributed by atoms with Gasteiger partial charge in [-0.05, 0) is 37.9 Å². The van der Waals surface area contributed by atoms with Gasteiger partial charge in [-0.25, -0.2) is 8.78 Å². The third-order valence-electron chi connectivity index (χ3n) is 4.06. The summed E-state index contributed by atoms with van der Waals surface area (Å²) in [6.45, 7) is 4.75. The van der Waals surface area contributed by atoms with Crippen LogP contribution in [-0.4, -0.2) is 41.1 Å². The molecule has 0 aliphatic carbocycles. The normalized spacial score (nSPS) is 24.6. The first-order valence-corrected chi connectivity index (χ1v) is 7.06. The van der Waals surface area contributed by atoms with Gasteiger partial charge in [0.25, 0.3) is 0 Å². The molecule has 3 unspecified atom stereocenters. The highest BCUT2D eigenvalue weighted by molar-refractivity contribution is 5.94. The third kappa shape index (κ3) is 3.77. The number of β-amino-alcohol motifs (C(OH)–C–C–N with tert-alkyl or cyclic N) is 1. The lowest BCUT2D eigenvalue weighted by Gasteiger charge is -2.37. The van der Waals surface area contributed by atoms with E-state index in [1.54, 1.807) is 6.92 Å². The Balaban J connectivity index is 2.01. The molecule has 0 saturated carbocycles. The Morgan fingerprint density at radius 3 is 2.86 bits per heavy atom. The molecule has 1 amide bonds. The van der Waals surface area contributed by atoms with E-state index in [1.807, 2.05) is 11.8 Å². The van der Waals surface area contributed by atoms with Crippen molar-refractivity contribution >= 4 is 11.6 Å². The fourth-order valence-corrected chi connectivity index (χ4v) is 2.42. The maximum atomic E-state index is 13.5. The first kappa shape index (κ1) is 15.9. The van der Waals surface area contributed by atoms with E-state index in [9.17, 15) is 18.7 Å². The maximum Gasteiger partial charge on any atom is 0.241 e. The summed E-state index contributed by atoms with van der Waals surface area (Å²) in [5, 5.41) is 12.3. The number of hydrogen-bond donors (Lipinski definition) is 2. The van der Waals surface area contributed by atoms with Crippen LogP contribution in [0.1, 0.15) is 20.3 Å². The van der Waals surface area contributed by atoms with E-state index in [4.69, 9.17) is 0 Å². The van der Waals surface area contributed by atoms with Gasteiger partial charge in [0.2, 0.25) is 5.91 Å². The lowest BCUT2D eigenvalue weighted by molar-refractivity contribution is -0.122. The molecule has 21 heavy (non-hydrogen) atoms. The highest BCUT2D eigenvalue weighted by Crippen LogP contribution is 2.20. The molecule has 1 fully saturated rings. The fourth-order valence-electron chi connectivity index (χ4n) is 2.42. The number of nitrogens with one attached hydrogen (secondary N) is 1. The number of carbonyl (C=O) groups excluding carboxylic acids is 1. The van der Waals surface area contributed by atoms with Crippen molar-refractivity contribution in [1.82, 2.24) is 4.90 Å². The van der Waals surface area contributed by atoms with Gasteiger partial charge in [0, 0.05) is 12.6 Å². The number of aliphatic hydroxyl groups is 1. The minimum absolute atomic E-state index is 0.169. The molecule has 3 atom stereocenters. The molecule has 0 radical (unpaired) electrons. The van der Waals surface area contributed by atoms with Gasteiger partial charge in [-0.3, -0.25) is 9.69 Å². The molecular formula is C15H20F2N2O2. The molecule has 1 aromatic rings. The van der Waals surface area contributed by atoms with Crippen LogP contribution >= 0.6 is 0 Å². The highest BCUT2D eigenvalue weighted by atomic mass is 19.1. The Bertz CT molecular complexity index is 524. The molecule has 0 spiro atoms. The van der Waals surface area contributed by atoms with Crippen molar-refractivity contribution in [3.63, 3.8) is 0 Å². The summed E-state index contributed by atoms with van der Waals surface area (Å²) in [5.41, 5.74) is -0.169. The van der Waals surface area contributed by atoms with Crippen LogP contribution in [0.25, 0.3) is 0 Å². The Morgan fingerprint density at radius 1 is 1.48 bits per heavy atom. The summed E-state index contributed by atoms with van der Waals surface area (Å²) >= 11 is 0. The summed E-state index contributed by atoms with van der Waals surface area (Å²) in [7, 11) is 0. The standard InChI is InChI=1S/C15H20F2N2O2/c1-9-5-6-19(8-14(9)20)10(2)15(21)18-13-7-11(16)3-4-12(13)17/h3-4,7,9-10,14,20H,5-6,8H2,1-2H3,(H,18,21). The van der Waals surface area contributed by atoms with Crippen LogP contribution in [0, 0.1) is 17.6 Å². The summed E-state index contributed by atoms with van der Waals surface area (Å²) in [6.07, 6.45) is 0.326. The summed E-state index contributed by atoms with van der Waals surface area (Å²) in [6, 6.07) is 2.40. The van der Waals surface area contributed by atoms with Gasteiger partial charge >= 0.3 is 0 Å². The van der Waals surface area contributed by atoms with Gasteiger partial charge in [-0.1, -0.05) is 6.92 Å². The van der Waals surface area contributed by atoms with Crippen LogP contribution in [0.5, 0.6) is 0 Å². The first-order chi connectivity index (χ1) is 9.88. The molecule has 1 aromatic carbocycles. The average molecular weight is 298 g/mol. The van der Waals surface area contributed by atoms with Gasteiger partial charge in [0.05, 0.1) is 17.8 Å². The van der Waals surface area contributed by atoms with Crippen molar-refractivity contribution in [2.24, 2.45) is 5.92 Å². The van der Waals surface area contributed by atoms with Crippen molar-refractivity contribution in [3.05, 3.63) is 29.8 Å². The van der Waals surface area contributed by atoms with Gasteiger partial charge in [0.15, 0.2) is 0 Å². The first-order valence-electron chi connectivity index (χ1n) is 7.06. The van der Waals surface area contributed by atoms with Crippen molar-refractivity contribution in [2.45, 2.75) is 32.4 Å². The molecule has 6 heteroatoms. The number of rotatable bonds is 3. The van der Waals surface area contributed by atoms with E-state index in [0.29, 0.717) is 13.1 Å². The quantitative estimate of drug-likeness (QED) is 0.897. The van der Waals surface area contributed by atoms with Crippen LogP contribution in [-0.2, 0) is 4.79 Å². The minimum Gasteiger partial charge on any atom is -0.392 e. The molecule has 0 bridgehead atoms. The zero-order valence-corrected chi connectivity index (χ0v) is 12.1. The van der Waals surface area contributed by atoms with Gasteiger partial charge in [0.1, 0.15) is 11.6 Å². The fraction of sp³-hybridized carbons (Fsp3) is 0.533. The zero-order chi connectivity index (χ0) is 15.6. The summed E-state index contributed by atoms with van der Waals surface area (Å²) in [4.78, 5) is 14.0. The van der Waals surface area contributed by atoms with E-state index in [-0.39, 0.29) is 11.6 Å². The number of hydrogen-bond acceptors (Lipinski definition) is 3. The Morgan fingerprint density at radius 2 is 2.19 bits per heavy atom. The van der Waals surface area contributed by atoms with E-state index in [1.165, 1.54) is 0 Å². The van der Waals surface area contributed by atoms with Crippen LogP contribution < -0.4 is 5.32 Å². The number of aliphatic hydroxyl groups excluding tert-OH is 1. The molecular weight excluding hydrogens is 278 g/mol. The van der Waals surface area contributed by atoms with E-state index in [2.05, 4.69) is 5.32 Å². The number of likely N-dealkylation sites (tertiary alicyclic amines) is 1. The third-order valence-corrected chi connectivity index (χ3v) is 4.06. The van der Waals surface area contributed by atoms with Gasteiger partial charge in [-0.15, -0.1) is 0 Å². The molecule has 4 nitrogen and oxygen atoms in total. The van der Waals surface area contributed by atoms with Crippen LogP contribution in [0.3, 0.4) is 0 Å². The lowest BCUT2D eigenvalue weighted by Crippen LogP contribution is -2.50. The lowest BCUT2D eigenvalue weighted by atomic mass is 9.95. The van der Waals surface area contributed by atoms with Crippen molar-refractivity contribution in [3.8, 4) is 0 Å². The molecule has 1 heterocycles. The predicted molar refractivity (Wildman–Crippen MR) is 75.8 cm³/mol. The van der Waals surface area contributed by atoms with E-state index < -0.39 is 29.7 Å². The predicted octanol–water partition coefficient (Wildman–Crippen LogP) is 1.99. The van der Waals surface area contributed by atoms with Crippen molar-refractivity contribution in [2.75, 3.05) is 18.4 Å². The monoisotopic (exact) mass is 298 g/mol. The Hall–Kier alpha value is -1.53. The van der Waals surface area contributed by atoms with Crippen molar-refractivity contribution < 1.29 is 18.7 Å². The molecule has 1 aliphatic heterocycles. The molecule has 1 aliphatic rings. The van der Waals surface area contributed by atoms with E-state index in [0.717, 1.165) is 24.6 Å². The molecule has 116 valence electrons. The number of carbonyl (C=O) groups is 1. The summed E-state index contributed by atoms with van der Waals surface area (Å²) < 4.78 is 26.6. The maximum absolute atomic E-state index is 13.5. The number of nitrogens with zero attached hydrogens (tertiary/aromatic N) is 1. The topological polar surface area (TPSA) is 52.6 Å². The zero-order valence-electron chi connectivity index (χ0n) is 12.1. The molecule has 1 saturated heterocycles. The van der Waals surface area contributed by atoms with Gasteiger partial charge < -0.3 is 10.4 Å². The number of benzene rings is 1. The van der Waals surface area contributed by atoms with Crippen LogP contribution in [0.2, 0.25) is 0 Å². The Kier molecular flexibility index (Phi) is 4.90. The second-order valence-electron chi connectivity index (χ2n) is 5.62. The van der Waals surface area contributed by atoms with E-state index >= 15 is 0 Å². The molecule has 2 rings (SSSR count). The minimum atomic E-state index is -0.677. The SMILES string of the molecule is CC1CCN(C(C)C(=O)Nc2cc(F)ccc2F)CC1O. The number of anilines is 1. The summed E-state index contributed by atoms with van der Waals surface area (Å²) in [5.74, 6) is -1.50. The number of piperidine rings is 1. The average Bonchev–Trinajstić information content (AvgIpc) is 2.45. The smallest absolute Gasteiger partial charge is 0.241 e. The van der Waals surface area contributed by atoms with Gasteiger partial charge in [-0.2, -0.15) is 0 Å². The van der Waals surface area contributed by atoms with Crippen LogP contribution in [0.15, 0.2) is 18.2 Å². The largest absolute Gasteiger partial charge is 0.392 e. The number of amides is 1.